The third-order valence-corrected chi connectivity index (χ3v) is 37.9. The summed E-state index contributed by atoms with van der Waals surface area (Å²) in [6.45, 7) is 40.4. The molecule has 0 fully saturated rings. The second kappa shape index (κ2) is 49.2. The molecule has 12 rings (SSSR count). The van der Waals surface area contributed by atoms with Gasteiger partial charge in [-0.05, 0) is 232 Å². The number of fused-ring (bicyclic) bond motifs is 3. The number of oxazole rings is 2. The van der Waals surface area contributed by atoms with Gasteiger partial charge in [0.1, 0.15) is 31.1 Å². The smallest absolute Gasteiger partial charge is 0.436 e. The Morgan fingerprint density at radius 1 is 0.270 bits per heavy atom. The fourth-order valence-electron chi connectivity index (χ4n) is 14.3. The van der Waals surface area contributed by atoms with Crippen molar-refractivity contribution in [2.24, 2.45) is 0 Å². The lowest BCUT2D eigenvalue weighted by Crippen LogP contribution is -2.56. The number of rotatable bonds is 51. The first-order chi connectivity index (χ1) is 59.4. The summed E-state index contributed by atoms with van der Waals surface area (Å²) < 4.78 is 104. The van der Waals surface area contributed by atoms with Crippen molar-refractivity contribution < 1.29 is 75.2 Å². The van der Waals surface area contributed by atoms with E-state index in [9.17, 15) is 0 Å². The number of hydrogen-bond donors (Lipinski definition) is 0. The molecule has 0 atom stereocenters. The van der Waals surface area contributed by atoms with E-state index in [4.69, 9.17) is 85.2 Å². The number of aryl methyl sites for hydroxylation is 5. The lowest BCUT2D eigenvalue weighted by Gasteiger charge is -2.28. The van der Waals surface area contributed by atoms with Crippen LogP contribution in [0.2, 0.25) is 24.2 Å². The summed E-state index contributed by atoms with van der Waals surface area (Å²) in [5.74, 6) is 1.15. The number of aromatic nitrogens is 7. The van der Waals surface area contributed by atoms with E-state index in [0.29, 0.717) is 111 Å². The van der Waals surface area contributed by atoms with Crippen LogP contribution in [0.15, 0.2) is 160 Å². The molecule has 0 saturated heterocycles. The minimum Gasteiger partial charge on any atom is -0.436 e. The molecule has 0 aliphatic rings. The van der Waals surface area contributed by atoms with Crippen molar-refractivity contribution in [1.29, 1.82) is 0 Å². The monoisotopic (exact) mass is 1810 g/mol. The average Bonchev–Trinajstić information content (AvgIpc) is 1.58. The van der Waals surface area contributed by atoms with Gasteiger partial charge in [0, 0.05) is 162 Å². The van der Waals surface area contributed by atoms with Gasteiger partial charge in [-0.25, -0.2) is 15.0 Å². The van der Waals surface area contributed by atoms with Gasteiger partial charge < -0.3 is 75.2 Å². The predicted octanol–water partition coefficient (Wildman–Crippen LogP) is 21.4. The van der Waals surface area contributed by atoms with E-state index < -0.39 is 44.0 Å². The minimum absolute atomic E-state index is 0.570. The SMILES string of the molecule is CCO[Si](CCCc1ccc2oc(-c3ccc(-c4nc5ccc(CCC[Si](OCC)(OCC)OCC)cc5o4)cc3)nc2c1)(OCC)OCC.CCO[Si](CCc1ccc(-c2nnc(-c3ccc(-c4nnc(-c5ccc(CC[Si](OCC)(OCC)OCC)cc5)s4)cc3)s2)cc1)(OCC)OCC.CCO[Si](OCC)(OCC)c1ccc2sc(C)nc2c1. The molecule has 0 aliphatic heterocycles. The van der Waals surface area contributed by atoms with E-state index in [-0.39, 0.29) is 0 Å². The first-order valence-corrected chi connectivity index (χ1v) is 55.2. The quantitative estimate of drug-likeness (QED) is 0.0321. The van der Waals surface area contributed by atoms with Crippen LogP contribution in [0.4, 0.5) is 0 Å². The highest BCUT2D eigenvalue weighted by Gasteiger charge is 2.45. The fourth-order valence-corrected chi connectivity index (χ4v) is 29.8. The number of hydrogen-bond acceptors (Lipinski definition) is 27. The van der Waals surface area contributed by atoms with Gasteiger partial charge in [-0.1, -0.05) is 114 Å². The molecule has 0 aliphatic carbocycles. The zero-order valence-corrected chi connectivity index (χ0v) is 81.4. The zero-order valence-electron chi connectivity index (χ0n) is 73.9. The largest absolute Gasteiger partial charge is 0.537 e. The summed E-state index contributed by atoms with van der Waals surface area (Å²) in [4.78, 5) is 14.1. The Morgan fingerprint density at radius 2 is 0.590 bits per heavy atom. The van der Waals surface area contributed by atoms with Crippen LogP contribution in [0.25, 0.3) is 97.6 Å². The van der Waals surface area contributed by atoms with Crippen molar-refractivity contribution in [1.82, 2.24) is 35.3 Å². The van der Waals surface area contributed by atoms with Crippen LogP contribution in [-0.2, 0) is 92.1 Å². The molecule has 0 N–H and O–H groups in total. The summed E-state index contributed by atoms with van der Waals surface area (Å²) in [7, 11) is -13.5. The molecule has 658 valence electrons. The molecule has 32 heteroatoms. The molecule has 7 aromatic carbocycles. The molecule has 122 heavy (non-hydrogen) atoms. The number of benzene rings is 7. The summed E-state index contributed by atoms with van der Waals surface area (Å²) in [6, 6.07) is 54.8. The van der Waals surface area contributed by atoms with E-state index in [1.54, 1.807) is 34.0 Å². The molecule has 0 saturated carbocycles. The van der Waals surface area contributed by atoms with Crippen molar-refractivity contribution in [3.05, 3.63) is 179 Å². The van der Waals surface area contributed by atoms with E-state index in [0.717, 1.165) is 154 Å². The molecule has 5 heterocycles. The number of nitrogens with zero attached hydrogens (tertiary/aromatic N) is 7. The van der Waals surface area contributed by atoms with Crippen LogP contribution in [-0.4, -0.2) is 178 Å². The Kier molecular flexibility index (Phi) is 39.2. The molecule has 24 nitrogen and oxygen atoms in total. The lowest BCUT2D eigenvalue weighted by molar-refractivity contribution is 0.0700. The standard InChI is InChI=1S/C38H50N4O6S2Si2.C38H52N2O8Si2.C14H21NO3SSi/c1-7-43-51(44-8-2,45-9-3)27-25-29-13-17-31(18-14-29)35-39-41-37(49-35)33-21-23-34(24-22-33)38-42-40-36(50-38)32-19-15-30(16-20-32)26-28-52(46-10-4,47-11-5)48-12-6;1-7-41-49(42-8-2,43-9-3)25-13-15-29-18-24-35-34(27-29)40-38(47-35)32-21-19-31(20-22-32)37-39-33-23-17-30(28-36(33)48-37)16-14-26-50(44-10-4,45-11-5)46-12-6;1-5-16-20(17-6-2,18-7-3)12-8-9-14-13(10-12)15-11(4)19-14/h13-24H,7-12,25-28H2,1-6H3;17-24,27-28H,7-16,25-26H2,1-6H3;8-10H,5-7H2,1-4H3. The third-order valence-electron chi connectivity index (χ3n) is 19.5. The topological polar surface area (TPSA) is 255 Å². The Bertz CT molecular complexity index is 4720. The summed E-state index contributed by atoms with van der Waals surface area (Å²) in [5, 5.41) is 23.6. The highest BCUT2D eigenvalue weighted by Crippen LogP contribution is 2.37. The first-order valence-electron chi connectivity index (χ1n) is 43.3. The van der Waals surface area contributed by atoms with Gasteiger partial charge in [-0.2, -0.15) is 0 Å². The van der Waals surface area contributed by atoms with Crippen LogP contribution < -0.4 is 5.19 Å². The first kappa shape index (κ1) is 97.2. The maximum absolute atomic E-state index is 6.22. The highest BCUT2D eigenvalue weighted by atomic mass is 32.1. The van der Waals surface area contributed by atoms with Crippen molar-refractivity contribution in [2.75, 3.05) is 99.1 Å². The Hall–Kier alpha value is -7.03. The molecule has 0 unspecified atom stereocenters. The molecule has 0 spiro atoms. The van der Waals surface area contributed by atoms with Gasteiger partial charge in [0.25, 0.3) is 0 Å². The molecular weight excluding hydrogens is 1690 g/mol. The van der Waals surface area contributed by atoms with Crippen molar-refractivity contribution in [2.45, 2.75) is 173 Å². The van der Waals surface area contributed by atoms with Gasteiger partial charge in [0.2, 0.25) is 11.8 Å². The second-order valence-electron chi connectivity index (χ2n) is 27.9. The van der Waals surface area contributed by atoms with Crippen molar-refractivity contribution in [3.8, 4) is 65.2 Å². The number of thiazole rings is 1. The summed E-state index contributed by atoms with van der Waals surface area (Å²) in [5.41, 5.74) is 14.8. The van der Waals surface area contributed by atoms with Crippen LogP contribution in [0.3, 0.4) is 0 Å². The fraction of sp³-hybridized carbons (Fsp3) is 0.456. The predicted molar refractivity (Wildman–Crippen MR) is 498 cm³/mol. The summed E-state index contributed by atoms with van der Waals surface area (Å²) in [6.07, 6.45) is 5.19. The average molecular weight is 1810 g/mol. The molecule has 0 bridgehead atoms. The van der Waals surface area contributed by atoms with Crippen LogP contribution in [0, 0.1) is 6.92 Å². The van der Waals surface area contributed by atoms with Crippen LogP contribution in [0.5, 0.6) is 0 Å². The van der Waals surface area contributed by atoms with Crippen LogP contribution in [0.1, 0.15) is 144 Å². The molecule has 0 amide bonds. The van der Waals surface area contributed by atoms with E-state index in [1.807, 2.05) is 159 Å². The van der Waals surface area contributed by atoms with Gasteiger partial charge in [-0.3, -0.25) is 0 Å². The van der Waals surface area contributed by atoms with Gasteiger partial charge in [0.15, 0.2) is 11.2 Å². The molecule has 0 radical (unpaired) electrons. The Balaban J connectivity index is 0.000000209. The molecule has 12 aromatic rings. The van der Waals surface area contributed by atoms with E-state index in [2.05, 4.69) is 129 Å². The van der Waals surface area contributed by atoms with Gasteiger partial charge >= 0.3 is 44.0 Å². The lowest BCUT2D eigenvalue weighted by atomic mass is 10.1. The van der Waals surface area contributed by atoms with E-state index >= 15 is 0 Å². The van der Waals surface area contributed by atoms with Crippen molar-refractivity contribution >= 4 is 116 Å². The Morgan fingerprint density at radius 3 is 0.967 bits per heavy atom. The van der Waals surface area contributed by atoms with Gasteiger partial charge in [-0.15, -0.1) is 31.7 Å². The molecular formula is C90H123N7O17S3Si5. The maximum atomic E-state index is 6.22. The Labute approximate surface area is 737 Å². The van der Waals surface area contributed by atoms with Crippen molar-refractivity contribution in [3.63, 3.8) is 0 Å². The minimum atomic E-state index is -2.81. The third kappa shape index (κ3) is 26.8. The summed E-state index contributed by atoms with van der Waals surface area (Å²) >= 11 is 4.85. The molecule has 5 aromatic heterocycles. The highest BCUT2D eigenvalue weighted by molar-refractivity contribution is 7.19. The normalized spacial score (nSPS) is 12.3. The maximum Gasteiger partial charge on any atom is 0.537 e. The van der Waals surface area contributed by atoms with Gasteiger partial charge in [0.05, 0.1) is 15.2 Å². The second-order valence-corrected chi connectivity index (χ2v) is 44.6. The van der Waals surface area contributed by atoms with E-state index in [1.165, 1.54) is 27.0 Å². The zero-order chi connectivity index (χ0) is 86.8. The van der Waals surface area contributed by atoms with Crippen LogP contribution >= 0.6 is 34.0 Å².